The lowest BCUT2D eigenvalue weighted by Crippen LogP contribution is -2.33. The molecule has 1 saturated heterocycles. The van der Waals surface area contributed by atoms with E-state index in [2.05, 4.69) is 25.3 Å². The minimum Gasteiger partial charge on any atom is -0.504 e. The monoisotopic (exact) mass is 436 g/mol. The SMILES string of the molecule is Cn1cc2cc(-c3cnc4cc(N5CC[C@@H](NC6CC6)C5)cc(F)c4n3)c(O)c(F)c2n1. The molecule has 164 valence electrons. The summed E-state index contributed by atoms with van der Waals surface area (Å²) < 4.78 is 31.2. The molecule has 3 heterocycles. The molecular formula is C23H22F2N6O. The molecule has 2 N–H and O–H groups in total. The van der Waals surface area contributed by atoms with Crippen molar-refractivity contribution in [3.05, 3.63) is 42.2 Å². The van der Waals surface area contributed by atoms with E-state index < -0.39 is 17.4 Å². The number of hydrogen-bond acceptors (Lipinski definition) is 6. The van der Waals surface area contributed by atoms with Crippen LogP contribution in [-0.2, 0) is 7.05 Å². The van der Waals surface area contributed by atoms with Crippen molar-refractivity contribution >= 4 is 27.6 Å². The van der Waals surface area contributed by atoms with E-state index in [4.69, 9.17) is 0 Å². The molecule has 0 spiro atoms. The summed E-state index contributed by atoms with van der Waals surface area (Å²) in [6, 6.07) is 5.96. The lowest BCUT2D eigenvalue weighted by molar-refractivity contribution is 0.437. The van der Waals surface area contributed by atoms with E-state index in [9.17, 15) is 9.50 Å². The molecule has 1 saturated carbocycles. The van der Waals surface area contributed by atoms with Gasteiger partial charge in [-0.05, 0) is 37.5 Å². The van der Waals surface area contributed by atoms with Gasteiger partial charge in [-0.3, -0.25) is 9.67 Å². The summed E-state index contributed by atoms with van der Waals surface area (Å²) in [5, 5.41) is 18.5. The first-order chi connectivity index (χ1) is 15.5. The highest BCUT2D eigenvalue weighted by Gasteiger charge is 2.29. The van der Waals surface area contributed by atoms with Gasteiger partial charge in [0.15, 0.2) is 17.4 Å². The number of rotatable bonds is 4. The molecule has 4 aromatic rings. The molecule has 1 aliphatic heterocycles. The van der Waals surface area contributed by atoms with Crippen molar-refractivity contribution < 1.29 is 13.9 Å². The molecule has 2 aromatic carbocycles. The Kier molecular flexibility index (Phi) is 4.29. The van der Waals surface area contributed by atoms with E-state index in [0.717, 1.165) is 25.2 Å². The Morgan fingerprint density at radius 3 is 2.75 bits per heavy atom. The summed E-state index contributed by atoms with van der Waals surface area (Å²) in [7, 11) is 1.67. The lowest BCUT2D eigenvalue weighted by atomic mass is 10.1. The normalized spacial score (nSPS) is 18.8. The zero-order valence-corrected chi connectivity index (χ0v) is 17.5. The highest BCUT2D eigenvalue weighted by atomic mass is 19.1. The number of fused-ring (bicyclic) bond motifs is 2. The minimum absolute atomic E-state index is 0.0680. The molecule has 32 heavy (non-hydrogen) atoms. The molecule has 7 nitrogen and oxygen atoms in total. The van der Waals surface area contributed by atoms with Crippen LogP contribution in [-0.4, -0.2) is 50.0 Å². The van der Waals surface area contributed by atoms with Crippen molar-refractivity contribution in [2.45, 2.75) is 31.3 Å². The van der Waals surface area contributed by atoms with Crippen LogP contribution in [0.2, 0.25) is 0 Å². The third kappa shape index (κ3) is 3.24. The number of aromatic nitrogens is 4. The van der Waals surface area contributed by atoms with Gasteiger partial charge in [-0.15, -0.1) is 0 Å². The summed E-state index contributed by atoms with van der Waals surface area (Å²) in [5.41, 5.74) is 1.70. The largest absolute Gasteiger partial charge is 0.504 e. The Morgan fingerprint density at radius 2 is 1.94 bits per heavy atom. The van der Waals surface area contributed by atoms with Gasteiger partial charge in [-0.25, -0.2) is 13.8 Å². The Morgan fingerprint density at radius 1 is 1.09 bits per heavy atom. The summed E-state index contributed by atoms with van der Waals surface area (Å²) in [6.45, 7) is 1.70. The van der Waals surface area contributed by atoms with Gasteiger partial charge in [-0.2, -0.15) is 5.10 Å². The quantitative estimate of drug-likeness (QED) is 0.510. The van der Waals surface area contributed by atoms with E-state index in [1.54, 1.807) is 19.3 Å². The highest BCUT2D eigenvalue weighted by molar-refractivity contribution is 5.89. The maximum Gasteiger partial charge on any atom is 0.193 e. The molecule has 0 radical (unpaired) electrons. The van der Waals surface area contributed by atoms with Gasteiger partial charge in [0, 0.05) is 55.1 Å². The first-order valence-corrected chi connectivity index (χ1v) is 10.8. The van der Waals surface area contributed by atoms with Crippen LogP contribution < -0.4 is 10.2 Å². The Labute approximate surface area is 182 Å². The molecule has 6 rings (SSSR count). The van der Waals surface area contributed by atoms with Gasteiger partial charge in [0.25, 0.3) is 0 Å². The smallest absolute Gasteiger partial charge is 0.193 e. The van der Waals surface area contributed by atoms with E-state index in [-0.39, 0.29) is 22.3 Å². The molecule has 9 heteroatoms. The van der Waals surface area contributed by atoms with E-state index in [1.165, 1.54) is 29.8 Å². The van der Waals surface area contributed by atoms with Crippen LogP contribution in [0.5, 0.6) is 5.75 Å². The number of benzene rings is 2. The lowest BCUT2D eigenvalue weighted by Gasteiger charge is -2.20. The van der Waals surface area contributed by atoms with Crippen LogP contribution in [0.4, 0.5) is 14.5 Å². The summed E-state index contributed by atoms with van der Waals surface area (Å²) in [5.74, 6) is -1.90. The molecule has 0 unspecified atom stereocenters. The van der Waals surface area contributed by atoms with E-state index in [0.29, 0.717) is 23.0 Å². The van der Waals surface area contributed by atoms with Crippen molar-refractivity contribution in [3.8, 4) is 17.0 Å². The number of aromatic hydroxyl groups is 1. The van der Waals surface area contributed by atoms with Crippen LogP contribution >= 0.6 is 0 Å². The predicted octanol–water partition coefficient (Wildman–Crippen LogP) is 3.50. The van der Waals surface area contributed by atoms with Gasteiger partial charge in [0.2, 0.25) is 0 Å². The third-order valence-corrected chi connectivity index (χ3v) is 6.29. The number of anilines is 1. The molecular weight excluding hydrogens is 414 g/mol. The highest BCUT2D eigenvalue weighted by Crippen LogP contribution is 2.36. The standard InChI is InChI=1S/C23H22F2N6O/c1-30-10-12-6-16(23(32)20(25)21(12)29-30)19-9-26-18-8-15(7-17(24)22(18)28-19)31-5-4-14(11-31)27-13-2-3-13/h6-10,13-14,27,32H,2-5,11H2,1H3/t14-/m1/s1. The van der Waals surface area contributed by atoms with E-state index in [1.807, 2.05) is 6.07 Å². The Bertz CT molecular complexity index is 1370. The van der Waals surface area contributed by atoms with Gasteiger partial charge in [-0.1, -0.05) is 0 Å². The van der Waals surface area contributed by atoms with Crippen molar-refractivity contribution in [1.29, 1.82) is 0 Å². The van der Waals surface area contributed by atoms with Crippen molar-refractivity contribution in [2.75, 3.05) is 18.0 Å². The number of nitrogens with zero attached hydrogens (tertiary/aromatic N) is 5. The summed E-state index contributed by atoms with van der Waals surface area (Å²) in [6.07, 6.45) is 6.59. The van der Waals surface area contributed by atoms with Crippen molar-refractivity contribution in [3.63, 3.8) is 0 Å². The summed E-state index contributed by atoms with van der Waals surface area (Å²) >= 11 is 0. The fourth-order valence-corrected chi connectivity index (χ4v) is 4.52. The molecule has 1 atom stereocenters. The fraction of sp³-hybridized carbons (Fsp3) is 0.348. The van der Waals surface area contributed by atoms with Crippen LogP contribution in [0.3, 0.4) is 0 Å². The topological polar surface area (TPSA) is 79.1 Å². The van der Waals surface area contributed by atoms with Crippen LogP contribution in [0.1, 0.15) is 19.3 Å². The summed E-state index contributed by atoms with van der Waals surface area (Å²) in [4.78, 5) is 10.9. The molecule has 2 aromatic heterocycles. The van der Waals surface area contributed by atoms with Gasteiger partial charge >= 0.3 is 0 Å². The van der Waals surface area contributed by atoms with Crippen LogP contribution in [0.15, 0.2) is 30.6 Å². The maximum atomic E-state index is 15.1. The predicted molar refractivity (Wildman–Crippen MR) is 118 cm³/mol. The number of phenolic OH excluding ortho intramolecular Hbond substituents is 1. The first kappa shape index (κ1) is 19.4. The van der Waals surface area contributed by atoms with Crippen molar-refractivity contribution in [2.24, 2.45) is 7.05 Å². The molecule has 2 aliphatic rings. The Hall–Kier alpha value is -3.33. The van der Waals surface area contributed by atoms with Crippen molar-refractivity contribution in [1.82, 2.24) is 25.1 Å². The molecule has 0 amide bonds. The minimum atomic E-state index is -0.834. The second-order valence-electron chi connectivity index (χ2n) is 8.75. The Balaban J connectivity index is 1.36. The zero-order valence-electron chi connectivity index (χ0n) is 17.5. The van der Waals surface area contributed by atoms with Gasteiger partial charge < -0.3 is 15.3 Å². The molecule has 0 bridgehead atoms. The van der Waals surface area contributed by atoms with Crippen LogP contribution in [0, 0.1) is 11.6 Å². The first-order valence-electron chi connectivity index (χ1n) is 10.8. The third-order valence-electron chi connectivity index (χ3n) is 6.29. The molecule has 2 fully saturated rings. The van der Waals surface area contributed by atoms with Crippen LogP contribution in [0.25, 0.3) is 33.2 Å². The fourth-order valence-electron chi connectivity index (χ4n) is 4.52. The number of aryl methyl sites for hydroxylation is 1. The second kappa shape index (κ2) is 7.09. The zero-order chi connectivity index (χ0) is 22.0. The average Bonchev–Trinajstić information content (AvgIpc) is 3.32. The second-order valence-corrected chi connectivity index (χ2v) is 8.75. The number of hydrogen-bond donors (Lipinski definition) is 2. The number of phenols is 1. The number of nitrogens with one attached hydrogen (secondary N) is 1. The number of halogens is 2. The van der Waals surface area contributed by atoms with Gasteiger partial charge in [0.05, 0.1) is 17.4 Å². The molecule has 1 aliphatic carbocycles. The van der Waals surface area contributed by atoms with Gasteiger partial charge in [0.1, 0.15) is 11.0 Å². The van der Waals surface area contributed by atoms with E-state index >= 15 is 4.39 Å². The maximum absolute atomic E-state index is 15.1. The average molecular weight is 436 g/mol.